The van der Waals surface area contributed by atoms with E-state index in [0.717, 1.165) is 16.0 Å². The van der Waals surface area contributed by atoms with Gasteiger partial charge in [-0.1, -0.05) is 24.3 Å². The van der Waals surface area contributed by atoms with Crippen molar-refractivity contribution in [1.29, 1.82) is 0 Å². The van der Waals surface area contributed by atoms with Crippen molar-refractivity contribution in [2.45, 2.75) is 25.4 Å². The molecular weight excluding hydrogens is 296 g/mol. The Morgan fingerprint density at radius 1 is 1.26 bits per heavy atom. The van der Waals surface area contributed by atoms with E-state index in [-0.39, 0.29) is 17.9 Å². The Hall–Kier alpha value is -2.21. The minimum atomic E-state index is -1.09. The number of carbonyl (C=O) groups excluding carboxylic acids is 3. The number of hydrogen-bond donors (Lipinski definition) is 1. The van der Waals surface area contributed by atoms with E-state index in [9.17, 15) is 14.4 Å². The highest BCUT2D eigenvalue weighted by Crippen LogP contribution is 2.44. The maximum Gasteiger partial charge on any atom is 0.368 e. The topological polar surface area (TPSA) is 80.3 Å². The number of rotatable bonds is 2. The highest BCUT2D eigenvalue weighted by Gasteiger charge is 2.70. The molecule has 0 radical (unpaired) electrons. The first-order chi connectivity index (χ1) is 10.8. The second-order valence-corrected chi connectivity index (χ2v) is 6.56. The third kappa shape index (κ3) is 2.01. The molecule has 1 aromatic carbocycles. The van der Waals surface area contributed by atoms with Crippen molar-refractivity contribution in [2.24, 2.45) is 11.8 Å². The Morgan fingerprint density at radius 2 is 1.91 bits per heavy atom. The molecule has 6 heteroatoms. The first-order valence-electron chi connectivity index (χ1n) is 7.64. The highest BCUT2D eigenvalue weighted by atomic mass is 16.5. The monoisotopic (exact) mass is 317 g/mol. The molecule has 2 fully saturated rings. The molecule has 2 aliphatic heterocycles. The van der Waals surface area contributed by atoms with E-state index in [1.165, 1.54) is 14.2 Å². The van der Waals surface area contributed by atoms with Gasteiger partial charge in [0.05, 0.1) is 7.11 Å². The van der Waals surface area contributed by atoms with Crippen LogP contribution in [-0.2, 0) is 19.1 Å². The van der Waals surface area contributed by atoms with E-state index >= 15 is 0 Å². The zero-order valence-electron chi connectivity index (χ0n) is 13.7. The Morgan fingerprint density at radius 3 is 2.52 bits per heavy atom. The van der Waals surface area contributed by atoms with Gasteiger partial charge in [-0.15, -0.1) is 0 Å². The Kier molecular flexibility index (Phi) is 3.52. The van der Waals surface area contributed by atoms with Crippen LogP contribution in [0, 0.1) is 18.8 Å². The third-order valence-electron chi connectivity index (χ3n) is 5.30. The van der Waals surface area contributed by atoms with E-state index in [0.29, 0.717) is 0 Å². The summed E-state index contributed by atoms with van der Waals surface area (Å²) < 4.78 is 4.93. The number of methoxy groups -OCH3 is 1. The molecule has 0 aliphatic carbocycles. The van der Waals surface area contributed by atoms with Crippen LogP contribution in [0.5, 0.6) is 0 Å². The molecule has 0 saturated carbocycles. The van der Waals surface area contributed by atoms with Gasteiger partial charge in [0.25, 0.3) is 0 Å². The predicted molar refractivity (Wildman–Crippen MR) is 81.0 cm³/mol. The van der Waals surface area contributed by atoms with Crippen LogP contribution in [0.4, 0.5) is 0 Å². The summed E-state index contributed by atoms with van der Waals surface area (Å²) in [5.41, 5.74) is 0.923. The Balaban J connectivity index is 2.14. The summed E-state index contributed by atoms with van der Waals surface area (Å²) in [6.07, 6.45) is 0. The van der Waals surface area contributed by atoms with E-state index in [1.54, 1.807) is 6.92 Å². The number of nitrogens with two attached hydrogens (primary N) is 1. The summed E-state index contributed by atoms with van der Waals surface area (Å²) >= 11 is 0. The van der Waals surface area contributed by atoms with Crippen molar-refractivity contribution >= 4 is 17.8 Å². The number of carbonyl (C=O) groups is 3. The summed E-state index contributed by atoms with van der Waals surface area (Å²) in [6.45, 7) is 3.66. The van der Waals surface area contributed by atoms with Crippen molar-refractivity contribution in [2.75, 3.05) is 14.2 Å². The number of hydrogen-bond acceptors (Lipinski definition) is 4. The molecule has 23 heavy (non-hydrogen) atoms. The first kappa shape index (κ1) is 15.7. The number of esters is 1. The maximum absolute atomic E-state index is 12.6. The van der Waals surface area contributed by atoms with Gasteiger partial charge < -0.3 is 10.1 Å². The fourth-order valence-corrected chi connectivity index (χ4v) is 4.07. The first-order valence-corrected chi connectivity index (χ1v) is 7.64. The lowest BCUT2D eigenvalue weighted by Gasteiger charge is -2.24. The van der Waals surface area contributed by atoms with Gasteiger partial charge in [-0.3, -0.25) is 14.5 Å². The SMILES string of the molecule is COC(=O)[C@@]1(C)[NH2+][C@@H](c2ccccc2C)[C@H]2C(=O)N(C)C(=O)[C@H]21. The number of ether oxygens (including phenoxy) is 1. The molecule has 2 N–H and O–H groups in total. The van der Waals surface area contributed by atoms with Crippen LogP contribution in [0.2, 0.25) is 0 Å². The summed E-state index contributed by atoms with van der Waals surface area (Å²) in [6, 6.07) is 7.48. The molecular formula is C17H21N2O4+. The number of likely N-dealkylation sites (tertiary alicyclic amines) is 1. The highest BCUT2D eigenvalue weighted by molar-refractivity contribution is 6.08. The van der Waals surface area contributed by atoms with Gasteiger partial charge in [0.15, 0.2) is 0 Å². The van der Waals surface area contributed by atoms with Gasteiger partial charge in [-0.25, -0.2) is 4.79 Å². The molecule has 2 amide bonds. The molecule has 2 heterocycles. The average Bonchev–Trinajstić information content (AvgIpc) is 2.97. The van der Waals surface area contributed by atoms with Gasteiger partial charge in [0.1, 0.15) is 17.9 Å². The van der Waals surface area contributed by atoms with Crippen LogP contribution >= 0.6 is 0 Å². The van der Waals surface area contributed by atoms with Gasteiger partial charge >= 0.3 is 5.97 Å². The molecule has 0 bridgehead atoms. The standard InChI is InChI=1S/C17H20N2O4/c1-9-7-5-6-8-10(9)13-11-12(15(21)19(3)14(11)20)17(2,18-13)16(22)23-4/h5-8,11-13,18H,1-4H3/p+1/t11-,12-,13-,17-/m0/s1. The maximum atomic E-state index is 12.6. The lowest BCUT2D eigenvalue weighted by Crippen LogP contribution is -2.97. The summed E-state index contributed by atoms with van der Waals surface area (Å²) in [7, 11) is 2.79. The van der Waals surface area contributed by atoms with Gasteiger partial charge in [-0.2, -0.15) is 0 Å². The minimum Gasteiger partial charge on any atom is -0.464 e. The van der Waals surface area contributed by atoms with E-state index in [4.69, 9.17) is 4.74 Å². The zero-order chi connectivity index (χ0) is 16.9. The predicted octanol–water partition coefficient (Wildman–Crippen LogP) is -0.224. The fourth-order valence-electron chi connectivity index (χ4n) is 4.07. The van der Waals surface area contributed by atoms with Crippen LogP contribution < -0.4 is 5.32 Å². The summed E-state index contributed by atoms with van der Waals surface area (Å²) in [5, 5.41) is 1.83. The Labute approximate surface area is 134 Å². The van der Waals surface area contributed by atoms with Gasteiger partial charge in [-0.05, 0) is 12.5 Å². The van der Waals surface area contributed by atoms with E-state index < -0.39 is 23.3 Å². The van der Waals surface area contributed by atoms with E-state index in [2.05, 4.69) is 0 Å². The second-order valence-electron chi connectivity index (χ2n) is 6.56. The molecule has 1 aromatic rings. The molecule has 2 saturated heterocycles. The van der Waals surface area contributed by atoms with Crippen molar-refractivity contribution in [1.82, 2.24) is 4.90 Å². The van der Waals surface area contributed by atoms with Gasteiger partial charge in [0.2, 0.25) is 17.4 Å². The quantitative estimate of drug-likeness (QED) is 0.604. The van der Waals surface area contributed by atoms with Crippen molar-refractivity contribution in [3.8, 4) is 0 Å². The van der Waals surface area contributed by atoms with Crippen molar-refractivity contribution in [3.05, 3.63) is 35.4 Å². The Bertz CT molecular complexity index is 702. The number of benzene rings is 1. The van der Waals surface area contributed by atoms with E-state index in [1.807, 2.05) is 36.5 Å². The van der Waals surface area contributed by atoms with Crippen molar-refractivity contribution < 1.29 is 24.4 Å². The van der Waals surface area contributed by atoms with Crippen LogP contribution in [-0.4, -0.2) is 42.4 Å². The lowest BCUT2D eigenvalue weighted by atomic mass is 9.80. The van der Waals surface area contributed by atoms with Crippen molar-refractivity contribution in [3.63, 3.8) is 0 Å². The normalized spacial score (nSPS) is 33.0. The van der Waals surface area contributed by atoms with Gasteiger partial charge in [0, 0.05) is 19.5 Å². The minimum absolute atomic E-state index is 0.225. The van der Waals surface area contributed by atoms with Crippen LogP contribution in [0.25, 0.3) is 0 Å². The number of imide groups is 1. The van der Waals surface area contributed by atoms with Crippen LogP contribution in [0.1, 0.15) is 24.1 Å². The summed E-state index contributed by atoms with van der Waals surface area (Å²) in [4.78, 5) is 38.7. The molecule has 0 unspecified atom stereocenters. The third-order valence-corrected chi connectivity index (χ3v) is 5.30. The van der Waals surface area contributed by atoms with Crippen LogP contribution in [0.15, 0.2) is 24.3 Å². The molecule has 3 rings (SSSR count). The molecule has 122 valence electrons. The number of quaternary nitrogens is 1. The molecule has 0 spiro atoms. The molecule has 2 aliphatic rings. The number of nitrogens with zero attached hydrogens (tertiary/aromatic N) is 1. The fraction of sp³-hybridized carbons (Fsp3) is 0.471. The number of fused-ring (bicyclic) bond motifs is 1. The number of aryl methyl sites for hydroxylation is 1. The molecule has 4 atom stereocenters. The average molecular weight is 317 g/mol. The number of amides is 2. The largest absolute Gasteiger partial charge is 0.464 e. The second kappa shape index (κ2) is 5.16. The lowest BCUT2D eigenvalue weighted by molar-refractivity contribution is -0.731. The zero-order valence-corrected chi connectivity index (χ0v) is 13.7. The molecule has 0 aromatic heterocycles. The van der Waals surface area contributed by atoms with Crippen LogP contribution in [0.3, 0.4) is 0 Å². The molecule has 6 nitrogen and oxygen atoms in total. The summed E-state index contributed by atoms with van der Waals surface area (Å²) in [5.74, 6) is -2.24. The smallest absolute Gasteiger partial charge is 0.368 e.